The van der Waals surface area contributed by atoms with E-state index in [0.717, 1.165) is 37.6 Å². The highest BCUT2D eigenvalue weighted by Gasteiger charge is 2.26. The van der Waals surface area contributed by atoms with E-state index in [2.05, 4.69) is 28.7 Å². The van der Waals surface area contributed by atoms with Crippen molar-refractivity contribution < 1.29 is 9.53 Å². The first kappa shape index (κ1) is 12.5. The van der Waals surface area contributed by atoms with Gasteiger partial charge in [-0.15, -0.1) is 0 Å². The molecule has 0 bridgehead atoms. The Morgan fingerprint density at radius 1 is 1.26 bits per heavy atom. The van der Waals surface area contributed by atoms with Crippen LogP contribution in [-0.2, 0) is 11.2 Å². The second-order valence-electron chi connectivity index (χ2n) is 5.47. The molecule has 1 aromatic heterocycles. The van der Waals surface area contributed by atoms with E-state index in [1.807, 2.05) is 0 Å². The van der Waals surface area contributed by atoms with Crippen molar-refractivity contribution in [3.05, 3.63) is 17.5 Å². The Morgan fingerprint density at radius 3 is 2.74 bits per heavy atom. The quantitative estimate of drug-likeness (QED) is 0.768. The van der Waals surface area contributed by atoms with Crippen LogP contribution in [0.2, 0.25) is 0 Å². The van der Waals surface area contributed by atoms with Gasteiger partial charge >= 0.3 is 0 Å². The second kappa shape index (κ2) is 4.89. The van der Waals surface area contributed by atoms with E-state index in [4.69, 9.17) is 4.74 Å². The fourth-order valence-corrected chi connectivity index (χ4v) is 2.87. The lowest BCUT2D eigenvalue weighted by Gasteiger charge is -2.35. The summed E-state index contributed by atoms with van der Waals surface area (Å²) < 4.78 is 5.72. The summed E-state index contributed by atoms with van der Waals surface area (Å²) in [6.07, 6.45) is 4.48. The van der Waals surface area contributed by atoms with Crippen molar-refractivity contribution in [2.24, 2.45) is 0 Å². The normalized spacial score (nSPS) is 27.3. The third-order valence-corrected chi connectivity index (χ3v) is 3.68. The van der Waals surface area contributed by atoms with E-state index < -0.39 is 0 Å². The van der Waals surface area contributed by atoms with Crippen LogP contribution in [0.1, 0.15) is 42.7 Å². The molecule has 1 aliphatic carbocycles. The summed E-state index contributed by atoms with van der Waals surface area (Å²) in [5.41, 5.74) is 1.62. The molecule has 0 aromatic carbocycles. The molecule has 0 unspecified atom stereocenters. The summed E-state index contributed by atoms with van der Waals surface area (Å²) in [7, 11) is 0. The Bertz CT molecular complexity index is 493. The lowest BCUT2D eigenvalue weighted by atomic mass is 9.96. The standard InChI is InChI=1S/C14H19N3O2/c1-9-7-17(8-10(2)19-9)14-15-6-11-12(16-14)4-3-5-13(11)18/h6,9-10H,3-5,7-8H2,1-2H3/t9-,10+. The van der Waals surface area contributed by atoms with Gasteiger partial charge in [0, 0.05) is 25.7 Å². The van der Waals surface area contributed by atoms with Crippen molar-refractivity contribution >= 4 is 11.7 Å². The van der Waals surface area contributed by atoms with Gasteiger partial charge in [0.1, 0.15) is 0 Å². The molecule has 0 N–H and O–H groups in total. The zero-order valence-corrected chi connectivity index (χ0v) is 11.4. The molecule has 5 heteroatoms. The molecule has 1 fully saturated rings. The fraction of sp³-hybridized carbons (Fsp3) is 0.643. The highest BCUT2D eigenvalue weighted by molar-refractivity contribution is 5.97. The minimum atomic E-state index is 0.177. The molecule has 0 radical (unpaired) electrons. The Labute approximate surface area is 113 Å². The Balaban J connectivity index is 1.87. The van der Waals surface area contributed by atoms with Crippen LogP contribution >= 0.6 is 0 Å². The monoisotopic (exact) mass is 261 g/mol. The van der Waals surface area contributed by atoms with Crippen LogP contribution in [0.3, 0.4) is 0 Å². The van der Waals surface area contributed by atoms with Gasteiger partial charge in [0.05, 0.1) is 23.5 Å². The highest BCUT2D eigenvalue weighted by atomic mass is 16.5. The van der Waals surface area contributed by atoms with E-state index >= 15 is 0 Å². The van der Waals surface area contributed by atoms with Gasteiger partial charge in [-0.2, -0.15) is 0 Å². The average molecular weight is 261 g/mol. The molecule has 1 aliphatic heterocycles. The SMILES string of the molecule is C[C@@H]1CN(c2ncc3c(n2)CCCC3=O)C[C@H](C)O1. The van der Waals surface area contributed by atoms with Gasteiger partial charge in [0.2, 0.25) is 5.95 Å². The molecule has 3 rings (SSSR count). The number of aryl methyl sites for hydroxylation is 1. The molecule has 0 spiro atoms. The third kappa shape index (κ3) is 2.47. The summed E-state index contributed by atoms with van der Waals surface area (Å²) in [6, 6.07) is 0. The molecular weight excluding hydrogens is 242 g/mol. The summed E-state index contributed by atoms with van der Waals surface area (Å²) in [4.78, 5) is 22.9. The van der Waals surface area contributed by atoms with Crippen molar-refractivity contribution in [1.82, 2.24) is 9.97 Å². The van der Waals surface area contributed by atoms with Gasteiger partial charge in [-0.3, -0.25) is 4.79 Å². The van der Waals surface area contributed by atoms with E-state index in [9.17, 15) is 4.79 Å². The molecule has 102 valence electrons. The number of carbonyl (C=O) groups excluding carboxylic acids is 1. The summed E-state index contributed by atoms with van der Waals surface area (Å²) in [5.74, 6) is 0.909. The van der Waals surface area contributed by atoms with E-state index in [1.54, 1.807) is 6.20 Å². The number of anilines is 1. The van der Waals surface area contributed by atoms with Crippen molar-refractivity contribution in [3.63, 3.8) is 0 Å². The number of ketones is 1. The van der Waals surface area contributed by atoms with Crippen molar-refractivity contribution in [2.75, 3.05) is 18.0 Å². The fourth-order valence-electron chi connectivity index (χ4n) is 2.87. The molecule has 1 aromatic rings. The number of rotatable bonds is 1. The molecule has 19 heavy (non-hydrogen) atoms. The molecular formula is C14H19N3O2. The zero-order chi connectivity index (χ0) is 13.4. The van der Waals surface area contributed by atoms with Gasteiger partial charge < -0.3 is 9.64 Å². The minimum Gasteiger partial charge on any atom is -0.372 e. The van der Waals surface area contributed by atoms with Gasteiger partial charge in [-0.05, 0) is 26.7 Å². The van der Waals surface area contributed by atoms with Gasteiger partial charge in [0.15, 0.2) is 5.78 Å². The molecule has 2 heterocycles. The van der Waals surface area contributed by atoms with Crippen molar-refractivity contribution in [1.29, 1.82) is 0 Å². The number of ether oxygens (including phenoxy) is 1. The largest absolute Gasteiger partial charge is 0.372 e. The first-order chi connectivity index (χ1) is 9.13. The number of fused-ring (bicyclic) bond motifs is 1. The number of hydrogen-bond donors (Lipinski definition) is 0. The molecule has 2 aliphatic rings. The molecule has 1 saturated heterocycles. The van der Waals surface area contributed by atoms with E-state index in [-0.39, 0.29) is 18.0 Å². The summed E-state index contributed by atoms with van der Waals surface area (Å²) in [6.45, 7) is 5.73. The van der Waals surface area contributed by atoms with Gasteiger partial charge in [-0.25, -0.2) is 9.97 Å². The molecule has 0 saturated carbocycles. The zero-order valence-electron chi connectivity index (χ0n) is 11.4. The lowest BCUT2D eigenvalue weighted by Crippen LogP contribution is -2.46. The number of aromatic nitrogens is 2. The average Bonchev–Trinajstić information content (AvgIpc) is 2.37. The van der Waals surface area contributed by atoms with Crippen molar-refractivity contribution in [2.45, 2.75) is 45.3 Å². The molecule has 0 amide bonds. The predicted octanol–water partition coefficient (Wildman–Crippen LogP) is 1.61. The molecule has 2 atom stereocenters. The van der Waals surface area contributed by atoms with Crippen LogP contribution in [0.5, 0.6) is 0 Å². The number of nitrogens with zero attached hydrogens (tertiary/aromatic N) is 3. The van der Waals surface area contributed by atoms with Crippen molar-refractivity contribution in [3.8, 4) is 0 Å². The third-order valence-electron chi connectivity index (χ3n) is 3.68. The van der Waals surface area contributed by atoms with Crippen LogP contribution in [0.25, 0.3) is 0 Å². The topological polar surface area (TPSA) is 55.3 Å². The van der Waals surface area contributed by atoms with E-state index in [1.165, 1.54) is 0 Å². The maximum Gasteiger partial charge on any atom is 0.225 e. The number of carbonyl (C=O) groups is 1. The minimum absolute atomic E-state index is 0.177. The summed E-state index contributed by atoms with van der Waals surface area (Å²) in [5, 5.41) is 0. The Kier molecular flexibility index (Phi) is 3.22. The summed E-state index contributed by atoms with van der Waals surface area (Å²) >= 11 is 0. The van der Waals surface area contributed by atoms with Crippen LogP contribution in [0.15, 0.2) is 6.20 Å². The van der Waals surface area contributed by atoms with Crippen LogP contribution < -0.4 is 4.90 Å². The number of hydrogen-bond acceptors (Lipinski definition) is 5. The van der Waals surface area contributed by atoms with Crippen LogP contribution in [0.4, 0.5) is 5.95 Å². The first-order valence-corrected chi connectivity index (χ1v) is 6.93. The predicted molar refractivity (Wildman–Crippen MR) is 71.5 cm³/mol. The first-order valence-electron chi connectivity index (χ1n) is 6.93. The Morgan fingerprint density at radius 2 is 2.00 bits per heavy atom. The Hall–Kier alpha value is -1.49. The van der Waals surface area contributed by atoms with Gasteiger partial charge in [0.25, 0.3) is 0 Å². The number of Topliss-reactive ketones (excluding diaryl/α,β-unsaturated/α-hetero) is 1. The maximum atomic E-state index is 11.8. The van der Waals surface area contributed by atoms with Crippen LogP contribution in [0, 0.1) is 0 Å². The number of morpholine rings is 1. The lowest BCUT2D eigenvalue weighted by molar-refractivity contribution is -0.00574. The smallest absolute Gasteiger partial charge is 0.225 e. The second-order valence-corrected chi connectivity index (χ2v) is 5.47. The highest BCUT2D eigenvalue weighted by Crippen LogP contribution is 2.22. The molecule has 5 nitrogen and oxygen atoms in total. The maximum absolute atomic E-state index is 11.8. The van der Waals surface area contributed by atoms with Gasteiger partial charge in [-0.1, -0.05) is 0 Å². The van der Waals surface area contributed by atoms with E-state index in [0.29, 0.717) is 12.0 Å². The van der Waals surface area contributed by atoms with Crippen LogP contribution in [-0.4, -0.2) is 41.0 Å².